The fourth-order valence-corrected chi connectivity index (χ4v) is 1.76. The van der Waals surface area contributed by atoms with Gasteiger partial charge in [-0.3, -0.25) is 5.43 Å². The Kier molecular flexibility index (Phi) is 2.89. The maximum absolute atomic E-state index is 4.15. The molecular formula is C13H12N6. The fraction of sp³-hybridized carbons (Fsp3) is 0.0769. The summed E-state index contributed by atoms with van der Waals surface area (Å²) in [5.74, 6) is 1.39. The van der Waals surface area contributed by atoms with Gasteiger partial charge in [0.25, 0.3) is 0 Å². The highest BCUT2D eigenvalue weighted by molar-refractivity contribution is 5.91. The molecule has 0 unspecified atom stereocenters. The van der Waals surface area contributed by atoms with Gasteiger partial charge in [-0.2, -0.15) is 10.2 Å². The number of nitrogens with zero attached hydrogens (tertiary/aromatic N) is 5. The number of hydrogen-bond acceptors (Lipinski definition) is 5. The van der Waals surface area contributed by atoms with Crippen LogP contribution in [0.25, 0.3) is 10.8 Å². The molecule has 19 heavy (non-hydrogen) atoms. The van der Waals surface area contributed by atoms with E-state index in [1.807, 2.05) is 42.1 Å². The molecule has 0 fully saturated rings. The van der Waals surface area contributed by atoms with Crippen LogP contribution in [-0.4, -0.2) is 26.0 Å². The Bertz CT molecular complexity index is 725. The predicted molar refractivity (Wildman–Crippen MR) is 74.0 cm³/mol. The summed E-state index contributed by atoms with van der Waals surface area (Å²) in [5, 5.41) is 14.1. The van der Waals surface area contributed by atoms with Crippen molar-refractivity contribution < 1.29 is 0 Å². The van der Waals surface area contributed by atoms with Crippen molar-refractivity contribution in [3.8, 4) is 0 Å². The quantitative estimate of drug-likeness (QED) is 0.570. The van der Waals surface area contributed by atoms with Crippen molar-refractivity contribution in [2.45, 2.75) is 0 Å². The normalized spacial score (nSPS) is 11.2. The zero-order valence-corrected chi connectivity index (χ0v) is 10.4. The average Bonchev–Trinajstić information content (AvgIpc) is 2.85. The average molecular weight is 252 g/mol. The van der Waals surface area contributed by atoms with Gasteiger partial charge >= 0.3 is 0 Å². The Morgan fingerprint density at radius 1 is 1.32 bits per heavy atom. The second-order valence-corrected chi connectivity index (χ2v) is 4.05. The number of hydrazone groups is 1. The van der Waals surface area contributed by atoms with Crippen LogP contribution >= 0.6 is 0 Å². The van der Waals surface area contributed by atoms with Crippen molar-refractivity contribution in [1.29, 1.82) is 0 Å². The number of rotatable bonds is 3. The van der Waals surface area contributed by atoms with Gasteiger partial charge in [0.1, 0.15) is 0 Å². The number of benzene rings is 1. The van der Waals surface area contributed by atoms with Gasteiger partial charge < -0.3 is 4.57 Å². The molecule has 6 nitrogen and oxygen atoms in total. The molecule has 0 atom stereocenters. The molecule has 0 spiro atoms. The highest BCUT2D eigenvalue weighted by atomic mass is 15.3. The smallest absolute Gasteiger partial charge is 0.176 e. The van der Waals surface area contributed by atoms with Crippen LogP contribution in [-0.2, 0) is 7.05 Å². The Hall–Kier alpha value is -2.76. The van der Waals surface area contributed by atoms with Gasteiger partial charge in [-0.05, 0) is 0 Å². The molecule has 0 amide bonds. The van der Waals surface area contributed by atoms with E-state index in [1.165, 1.54) is 0 Å². The first-order valence-electron chi connectivity index (χ1n) is 5.81. The van der Waals surface area contributed by atoms with Crippen molar-refractivity contribution in [2.24, 2.45) is 12.1 Å². The van der Waals surface area contributed by atoms with Gasteiger partial charge in [-0.1, -0.05) is 24.3 Å². The molecule has 0 aliphatic carbocycles. The fourth-order valence-electron chi connectivity index (χ4n) is 1.76. The van der Waals surface area contributed by atoms with Gasteiger partial charge in [-0.25, -0.2) is 4.98 Å². The molecule has 0 saturated carbocycles. The highest BCUT2D eigenvalue weighted by Gasteiger charge is 2.01. The van der Waals surface area contributed by atoms with Gasteiger partial charge in [-0.15, -0.1) is 5.10 Å². The van der Waals surface area contributed by atoms with E-state index in [0.717, 1.165) is 16.6 Å². The lowest BCUT2D eigenvalue weighted by atomic mass is 10.2. The highest BCUT2D eigenvalue weighted by Crippen LogP contribution is 2.18. The molecule has 0 aliphatic rings. The summed E-state index contributed by atoms with van der Waals surface area (Å²) in [6, 6.07) is 7.88. The topological polar surface area (TPSA) is 68.0 Å². The van der Waals surface area contributed by atoms with Crippen LogP contribution in [0.5, 0.6) is 0 Å². The SMILES string of the molecule is Cn1ccnc1C=NNc1nncc2ccccc12. The van der Waals surface area contributed by atoms with Crippen molar-refractivity contribution in [3.63, 3.8) is 0 Å². The molecule has 2 heterocycles. The molecule has 6 heteroatoms. The molecule has 2 aromatic heterocycles. The summed E-state index contributed by atoms with van der Waals surface area (Å²) in [5.41, 5.74) is 2.90. The summed E-state index contributed by atoms with van der Waals surface area (Å²) in [6.45, 7) is 0. The summed E-state index contributed by atoms with van der Waals surface area (Å²) in [7, 11) is 1.91. The van der Waals surface area contributed by atoms with Gasteiger partial charge in [0.05, 0.1) is 12.4 Å². The van der Waals surface area contributed by atoms with Crippen LogP contribution in [0.2, 0.25) is 0 Å². The van der Waals surface area contributed by atoms with Crippen molar-refractivity contribution >= 4 is 22.8 Å². The van der Waals surface area contributed by atoms with Crippen LogP contribution in [0, 0.1) is 0 Å². The summed E-state index contributed by atoms with van der Waals surface area (Å²) >= 11 is 0. The first-order chi connectivity index (χ1) is 9.34. The summed E-state index contributed by atoms with van der Waals surface area (Å²) in [4.78, 5) is 4.15. The first-order valence-corrected chi connectivity index (χ1v) is 5.81. The van der Waals surface area contributed by atoms with E-state index in [4.69, 9.17) is 0 Å². The van der Waals surface area contributed by atoms with E-state index in [2.05, 4.69) is 25.7 Å². The number of imidazole rings is 1. The maximum Gasteiger partial charge on any atom is 0.176 e. The number of fused-ring (bicyclic) bond motifs is 1. The summed E-state index contributed by atoms with van der Waals surface area (Å²) < 4.78 is 1.87. The zero-order valence-electron chi connectivity index (χ0n) is 10.4. The van der Waals surface area contributed by atoms with Crippen LogP contribution in [0.15, 0.2) is 48.0 Å². The molecule has 0 radical (unpaired) electrons. The second-order valence-electron chi connectivity index (χ2n) is 4.05. The van der Waals surface area contributed by atoms with Crippen molar-refractivity contribution in [1.82, 2.24) is 19.7 Å². The minimum atomic E-state index is 0.628. The molecule has 0 bridgehead atoms. The molecule has 0 aliphatic heterocycles. The maximum atomic E-state index is 4.15. The number of nitrogens with one attached hydrogen (secondary N) is 1. The standard InChI is InChI=1S/C13H12N6/c1-19-7-6-14-12(19)9-16-18-13-11-5-3-2-4-10(11)8-15-17-13/h2-9H,1H3,(H,17,18). The third-order valence-electron chi connectivity index (χ3n) is 2.78. The Morgan fingerprint density at radius 2 is 2.21 bits per heavy atom. The third-order valence-corrected chi connectivity index (χ3v) is 2.78. The second kappa shape index (κ2) is 4.85. The lowest BCUT2D eigenvalue weighted by Crippen LogP contribution is -1.99. The van der Waals surface area contributed by atoms with E-state index >= 15 is 0 Å². The van der Waals surface area contributed by atoms with Crippen LogP contribution < -0.4 is 5.43 Å². The Labute approximate surface area is 109 Å². The Morgan fingerprint density at radius 3 is 3.05 bits per heavy atom. The number of aromatic nitrogens is 4. The lowest BCUT2D eigenvalue weighted by molar-refractivity contribution is 0.901. The predicted octanol–water partition coefficient (Wildman–Crippen LogP) is 1.81. The molecule has 1 aromatic carbocycles. The molecule has 1 N–H and O–H groups in total. The molecular weight excluding hydrogens is 240 g/mol. The minimum Gasteiger partial charge on any atom is -0.333 e. The first kappa shape index (κ1) is 11.3. The molecule has 3 aromatic rings. The zero-order chi connectivity index (χ0) is 13.1. The molecule has 0 saturated heterocycles. The Balaban J connectivity index is 1.86. The van der Waals surface area contributed by atoms with E-state index in [-0.39, 0.29) is 0 Å². The van der Waals surface area contributed by atoms with Crippen LogP contribution in [0.3, 0.4) is 0 Å². The van der Waals surface area contributed by atoms with Gasteiger partial charge in [0.2, 0.25) is 0 Å². The van der Waals surface area contributed by atoms with Crippen molar-refractivity contribution in [3.05, 3.63) is 48.7 Å². The van der Waals surface area contributed by atoms with Crippen LogP contribution in [0.4, 0.5) is 5.82 Å². The largest absolute Gasteiger partial charge is 0.333 e. The van der Waals surface area contributed by atoms with E-state index < -0.39 is 0 Å². The van der Waals surface area contributed by atoms with Crippen LogP contribution in [0.1, 0.15) is 5.82 Å². The lowest BCUT2D eigenvalue weighted by Gasteiger charge is -2.02. The van der Waals surface area contributed by atoms with Gasteiger partial charge in [0.15, 0.2) is 11.6 Å². The molecule has 94 valence electrons. The van der Waals surface area contributed by atoms with E-state index in [0.29, 0.717) is 5.82 Å². The monoisotopic (exact) mass is 252 g/mol. The van der Waals surface area contributed by atoms with Crippen molar-refractivity contribution in [2.75, 3.05) is 5.43 Å². The van der Waals surface area contributed by atoms with Gasteiger partial charge in [0, 0.05) is 30.2 Å². The molecule has 3 rings (SSSR count). The summed E-state index contributed by atoms with van der Waals surface area (Å²) in [6.07, 6.45) is 6.95. The third kappa shape index (κ3) is 2.28. The van der Waals surface area contributed by atoms with E-state index in [9.17, 15) is 0 Å². The van der Waals surface area contributed by atoms with E-state index in [1.54, 1.807) is 18.6 Å². The number of hydrogen-bond donors (Lipinski definition) is 1. The number of aryl methyl sites for hydroxylation is 1. The number of anilines is 1. The minimum absolute atomic E-state index is 0.628.